The Labute approximate surface area is 94.8 Å². The Morgan fingerprint density at radius 3 is 2.60 bits per heavy atom. The molecule has 0 aliphatic carbocycles. The lowest BCUT2D eigenvalue weighted by molar-refractivity contribution is 0.147. The lowest BCUT2D eigenvalue weighted by atomic mass is 10.2. The van der Waals surface area contributed by atoms with Gasteiger partial charge in [-0.15, -0.1) is 0 Å². The normalized spacial score (nSPS) is 30.8. The highest BCUT2D eigenvalue weighted by Crippen LogP contribution is 2.15. The topological polar surface area (TPSA) is 18.5 Å². The van der Waals surface area contributed by atoms with Gasteiger partial charge in [0, 0.05) is 37.8 Å². The molecule has 1 heterocycles. The summed E-state index contributed by atoms with van der Waals surface area (Å²) in [5.74, 6) is 0. The number of nitrogens with zero attached hydrogens (tertiary/aromatic N) is 2. The number of likely N-dealkylation sites (N-methyl/N-ethyl adjacent to an activating group) is 2. The van der Waals surface area contributed by atoms with Crippen molar-refractivity contribution in [2.24, 2.45) is 0 Å². The molecule has 1 N–H and O–H groups in total. The largest absolute Gasteiger partial charge is 0.318 e. The molecule has 15 heavy (non-hydrogen) atoms. The van der Waals surface area contributed by atoms with Crippen LogP contribution in [0.15, 0.2) is 0 Å². The SMILES string of the molecule is CNCC1CN(C)C(C)CCN1C(C)C. The van der Waals surface area contributed by atoms with Crippen molar-refractivity contribution in [3.8, 4) is 0 Å². The molecule has 90 valence electrons. The first kappa shape index (κ1) is 12.9. The van der Waals surface area contributed by atoms with Gasteiger partial charge in [-0.25, -0.2) is 0 Å². The molecule has 0 radical (unpaired) electrons. The highest BCUT2D eigenvalue weighted by molar-refractivity contribution is 4.84. The number of nitrogens with one attached hydrogen (secondary N) is 1. The molecule has 0 aromatic heterocycles. The van der Waals surface area contributed by atoms with E-state index in [1.165, 1.54) is 19.5 Å². The maximum absolute atomic E-state index is 3.32. The monoisotopic (exact) mass is 213 g/mol. The van der Waals surface area contributed by atoms with Crippen molar-refractivity contribution in [1.82, 2.24) is 15.1 Å². The van der Waals surface area contributed by atoms with Crippen LogP contribution in [0.4, 0.5) is 0 Å². The smallest absolute Gasteiger partial charge is 0.0350 e. The van der Waals surface area contributed by atoms with Crippen molar-refractivity contribution in [1.29, 1.82) is 0 Å². The quantitative estimate of drug-likeness (QED) is 0.755. The Balaban J connectivity index is 2.67. The van der Waals surface area contributed by atoms with Gasteiger partial charge in [0.1, 0.15) is 0 Å². The van der Waals surface area contributed by atoms with E-state index in [1.807, 2.05) is 7.05 Å². The second-order valence-corrected chi connectivity index (χ2v) is 5.12. The van der Waals surface area contributed by atoms with E-state index >= 15 is 0 Å². The van der Waals surface area contributed by atoms with Gasteiger partial charge < -0.3 is 10.2 Å². The molecule has 1 aliphatic rings. The standard InChI is InChI=1S/C12H27N3/c1-10(2)15-7-6-11(3)14(5)9-12(15)8-13-4/h10-13H,6-9H2,1-5H3. The molecule has 0 spiro atoms. The van der Waals surface area contributed by atoms with Crippen molar-refractivity contribution >= 4 is 0 Å². The minimum absolute atomic E-state index is 0.655. The maximum atomic E-state index is 3.32. The Kier molecular flexibility index (Phi) is 5.03. The van der Waals surface area contributed by atoms with E-state index in [4.69, 9.17) is 0 Å². The van der Waals surface area contributed by atoms with Crippen molar-refractivity contribution < 1.29 is 0 Å². The van der Waals surface area contributed by atoms with E-state index in [-0.39, 0.29) is 0 Å². The van der Waals surface area contributed by atoms with E-state index in [2.05, 4.69) is 42.9 Å². The molecule has 0 amide bonds. The molecule has 1 saturated heterocycles. The zero-order valence-electron chi connectivity index (χ0n) is 11.0. The second-order valence-electron chi connectivity index (χ2n) is 5.12. The molecule has 1 rings (SSSR count). The van der Waals surface area contributed by atoms with Gasteiger partial charge in [-0.05, 0) is 41.3 Å². The van der Waals surface area contributed by atoms with E-state index in [0.717, 1.165) is 6.54 Å². The summed E-state index contributed by atoms with van der Waals surface area (Å²) in [6.45, 7) is 10.4. The summed E-state index contributed by atoms with van der Waals surface area (Å²) in [7, 11) is 4.30. The summed E-state index contributed by atoms with van der Waals surface area (Å²) >= 11 is 0. The molecule has 3 nitrogen and oxygen atoms in total. The van der Waals surface area contributed by atoms with Crippen molar-refractivity contribution in [3.63, 3.8) is 0 Å². The highest BCUT2D eigenvalue weighted by Gasteiger charge is 2.27. The van der Waals surface area contributed by atoms with Crippen molar-refractivity contribution in [2.75, 3.05) is 33.7 Å². The average molecular weight is 213 g/mol. The van der Waals surface area contributed by atoms with E-state index in [0.29, 0.717) is 18.1 Å². The minimum Gasteiger partial charge on any atom is -0.318 e. The van der Waals surface area contributed by atoms with Gasteiger partial charge in [-0.1, -0.05) is 0 Å². The molecule has 2 unspecified atom stereocenters. The van der Waals surface area contributed by atoms with Gasteiger partial charge >= 0.3 is 0 Å². The van der Waals surface area contributed by atoms with Crippen LogP contribution in [0.5, 0.6) is 0 Å². The van der Waals surface area contributed by atoms with Gasteiger partial charge in [0.25, 0.3) is 0 Å². The summed E-state index contributed by atoms with van der Waals surface area (Å²) in [6.07, 6.45) is 1.29. The third-order valence-electron chi connectivity index (χ3n) is 3.63. The Hall–Kier alpha value is -0.120. The van der Waals surface area contributed by atoms with Gasteiger partial charge in [0.15, 0.2) is 0 Å². The summed E-state index contributed by atoms with van der Waals surface area (Å²) < 4.78 is 0. The third-order valence-corrected chi connectivity index (χ3v) is 3.63. The van der Waals surface area contributed by atoms with Crippen LogP contribution in [-0.4, -0.2) is 61.7 Å². The van der Waals surface area contributed by atoms with Crippen LogP contribution in [-0.2, 0) is 0 Å². The Morgan fingerprint density at radius 2 is 2.07 bits per heavy atom. The number of hydrogen-bond donors (Lipinski definition) is 1. The molecule has 1 fully saturated rings. The summed E-state index contributed by atoms with van der Waals surface area (Å²) in [4.78, 5) is 5.13. The lowest BCUT2D eigenvalue weighted by Crippen LogP contribution is -2.49. The molecular formula is C12H27N3. The fraction of sp³-hybridized carbons (Fsp3) is 1.00. The maximum Gasteiger partial charge on any atom is 0.0350 e. The Bertz CT molecular complexity index is 182. The average Bonchev–Trinajstić information content (AvgIpc) is 2.28. The molecule has 1 aliphatic heterocycles. The highest BCUT2D eigenvalue weighted by atomic mass is 15.3. The predicted molar refractivity (Wildman–Crippen MR) is 66.3 cm³/mol. The van der Waals surface area contributed by atoms with Crippen LogP contribution in [0, 0.1) is 0 Å². The first-order chi connectivity index (χ1) is 7.06. The first-order valence-electron chi connectivity index (χ1n) is 6.16. The van der Waals surface area contributed by atoms with E-state index in [1.54, 1.807) is 0 Å². The first-order valence-corrected chi connectivity index (χ1v) is 6.16. The summed E-state index contributed by atoms with van der Waals surface area (Å²) in [6, 6.07) is 2.03. The van der Waals surface area contributed by atoms with Gasteiger partial charge in [0.05, 0.1) is 0 Å². The Morgan fingerprint density at radius 1 is 1.40 bits per heavy atom. The predicted octanol–water partition coefficient (Wildman–Crippen LogP) is 1.01. The minimum atomic E-state index is 0.655. The molecule has 3 heteroatoms. The third kappa shape index (κ3) is 3.44. The zero-order chi connectivity index (χ0) is 11.4. The van der Waals surface area contributed by atoms with Gasteiger partial charge in [0.2, 0.25) is 0 Å². The van der Waals surface area contributed by atoms with Crippen molar-refractivity contribution in [3.05, 3.63) is 0 Å². The fourth-order valence-electron chi connectivity index (χ4n) is 2.45. The van der Waals surface area contributed by atoms with Crippen LogP contribution in [0.3, 0.4) is 0 Å². The zero-order valence-corrected chi connectivity index (χ0v) is 11.0. The van der Waals surface area contributed by atoms with Gasteiger partial charge in [-0.2, -0.15) is 0 Å². The summed E-state index contributed by atoms with van der Waals surface area (Å²) in [5, 5.41) is 3.32. The molecule has 0 bridgehead atoms. The molecule has 0 aromatic rings. The fourth-order valence-corrected chi connectivity index (χ4v) is 2.45. The molecule has 0 aromatic carbocycles. The van der Waals surface area contributed by atoms with E-state index < -0.39 is 0 Å². The van der Waals surface area contributed by atoms with Crippen LogP contribution in [0.1, 0.15) is 27.2 Å². The number of hydrogen-bond acceptors (Lipinski definition) is 3. The van der Waals surface area contributed by atoms with Crippen LogP contribution in [0.25, 0.3) is 0 Å². The molecule has 0 saturated carbocycles. The van der Waals surface area contributed by atoms with Crippen LogP contribution in [0.2, 0.25) is 0 Å². The summed E-state index contributed by atoms with van der Waals surface area (Å²) in [5.41, 5.74) is 0. The molecular weight excluding hydrogens is 186 g/mol. The van der Waals surface area contributed by atoms with Crippen LogP contribution >= 0.6 is 0 Å². The van der Waals surface area contributed by atoms with Crippen molar-refractivity contribution in [2.45, 2.75) is 45.3 Å². The lowest BCUT2D eigenvalue weighted by Gasteiger charge is -2.34. The van der Waals surface area contributed by atoms with Gasteiger partial charge in [-0.3, -0.25) is 4.90 Å². The number of rotatable bonds is 3. The van der Waals surface area contributed by atoms with Crippen LogP contribution < -0.4 is 5.32 Å². The second kappa shape index (κ2) is 5.83. The van der Waals surface area contributed by atoms with E-state index in [9.17, 15) is 0 Å². The molecule has 2 atom stereocenters.